The summed E-state index contributed by atoms with van der Waals surface area (Å²) in [7, 11) is 0. The van der Waals surface area contributed by atoms with Crippen LogP contribution in [0.5, 0.6) is 0 Å². The Hall–Kier alpha value is -0.900. The number of hydrogen-bond donors (Lipinski definition) is 0. The molecule has 1 atom stereocenters. The summed E-state index contributed by atoms with van der Waals surface area (Å²) >= 11 is 0. The Balaban J connectivity index is 1.95. The highest BCUT2D eigenvalue weighted by Crippen LogP contribution is 2.16. The van der Waals surface area contributed by atoms with Gasteiger partial charge in [0.15, 0.2) is 0 Å². The lowest BCUT2D eigenvalue weighted by Crippen LogP contribution is -2.28. The molecule has 2 heterocycles. The van der Waals surface area contributed by atoms with Gasteiger partial charge in [0.25, 0.3) is 0 Å². The van der Waals surface area contributed by atoms with E-state index in [1.165, 1.54) is 19.4 Å². The molecule has 0 spiro atoms. The fourth-order valence-corrected chi connectivity index (χ4v) is 1.71. The van der Waals surface area contributed by atoms with Gasteiger partial charge in [-0.25, -0.2) is 0 Å². The first-order valence-electron chi connectivity index (χ1n) is 4.43. The fraction of sp³-hybridized carbons (Fsp3) is 0.750. The van der Waals surface area contributed by atoms with Crippen molar-refractivity contribution in [1.29, 1.82) is 0 Å². The van der Waals surface area contributed by atoms with Crippen LogP contribution < -0.4 is 0 Å². The summed E-state index contributed by atoms with van der Waals surface area (Å²) in [6.45, 7) is 4.42. The van der Waals surface area contributed by atoms with Crippen molar-refractivity contribution in [2.24, 2.45) is 0 Å². The summed E-state index contributed by atoms with van der Waals surface area (Å²) in [6.07, 6.45) is 6.18. The maximum atomic E-state index is 3.78. The minimum absolute atomic E-state index is 0.715. The lowest BCUT2D eigenvalue weighted by atomic mass is 10.2. The van der Waals surface area contributed by atoms with Crippen LogP contribution in [0, 0.1) is 0 Å². The number of likely N-dealkylation sites (tertiary alicyclic amines) is 1. The van der Waals surface area contributed by atoms with Crippen molar-refractivity contribution in [2.45, 2.75) is 32.5 Å². The van der Waals surface area contributed by atoms with Crippen LogP contribution in [-0.4, -0.2) is 32.3 Å². The zero-order chi connectivity index (χ0) is 8.39. The maximum Gasteiger partial charge on any atom is 0.120 e. The average molecular weight is 166 g/mol. The van der Waals surface area contributed by atoms with Crippen LogP contribution in [0.3, 0.4) is 0 Å². The van der Waals surface area contributed by atoms with Crippen LogP contribution in [0.25, 0.3) is 0 Å². The molecule has 66 valence electrons. The van der Waals surface area contributed by atoms with Crippen molar-refractivity contribution in [2.75, 3.05) is 6.54 Å². The van der Waals surface area contributed by atoms with Gasteiger partial charge in [-0.15, -0.1) is 10.2 Å². The first kappa shape index (κ1) is 7.73. The molecule has 4 heteroatoms. The second-order valence-corrected chi connectivity index (χ2v) is 3.42. The van der Waals surface area contributed by atoms with E-state index in [9.17, 15) is 0 Å². The summed E-state index contributed by atoms with van der Waals surface area (Å²) in [5.74, 6) is 0. The van der Waals surface area contributed by atoms with Crippen LogP contribution in [0.15, 0.2) is 12.7 Å². The molecule has 1 fully saturated rings. The van der Waals surface area contributed by atoms with Crippen LogP contribution in [0.4, 0.5) is 0 Å². The van der Waals surface area contributed by atoms with E-state index in [4.69, 9.17) is 0 Å². The first-order valence-corrected chi connectivity index (χ1v) is 4.43. The molecule has 1 aromatic heterocycles. The molecule has 0 N–H and O–H groups in total. The lowest BCUT2D eigenvalue weighted by Gasteiger charge is -2.20. The number of hydrogen-bond acceptors (Lipinski definition) is 3. The molecule has 1 aliphatic rings. The molecule has 1 saturated heterocycles. The molecule has 0 amide bonds. The monoisotopic (exact) mass is 166 g/mol. The second kappa shape index (κ2) is 3.23. The van der Waals surface area contributed by atoms with E-state index in [-0.39, 0.29) is 0 Å². The molecular formula is C8H14N4. The van der Waals surface area contributed by atoms with Gasteiger partial charge in [-0.05, 0) is 19.8 Å². The highest BCUT2D eigenvalue weighted by Gasteiger charge is 2.19. The third-order valence-corrected chi connectivity index (χ3v) is 2.50. The molecule has 0 aliphatic carbocycles. The Morgan fingerprint density at radius 1 is 1.42 bits per heavy atom. The topological polar surface area (TPSA) is 34.0 Å². The third-order valence-electron chi connectivity index (χ3n) is 2.50. The van der Waals surface area contributed by atoms with Gasteiger partial charge >= 0.3 is 0 Å². The van der Waals surface area contributed by atoms with E-state index in [2.05, 4.69) is 22.0 Å². The highest BCUT2D eigenvalue weighted by molar-refractivity contribution is 4.74. The molecule has 1 aliphatic heterocycles. The van der Waals surface area contributed by atoms with E-state index in [1.807, 2.05) is 4.57 Å². The van der Waals surface area contributed by atoms with Gasteiger partial charge in [-0.2, -0.15) is 0 Å². The average Bonchev–Trinajstić information content (AvgIpc) is 2.65. The van der Waals surface area contributed by atoms with Crippen LogP contribution in [-0.2, 0) is 6.67 Å². The maximum absolute atomic E-state index is 3.78. The molecule has 0 saturated carbocycles. The van der Waals surface area contributed by atoms with Gasteiger partial charge in [0.05, 0.1) is 6.67 Å². The van der Waals surface area contributed by atoms with Crippen molar-refractivity contribution in [3.05, 3.63) is 12.7 Å². The highest BCUT2D eigenvalue weighted by atomic mass is 15.3. The number of rotatable bonds is 2. The summed E-state index contributed by atoms with van der Waals surface area (Å²) in [5, 5.41) is 7.55. The van der Waals surface area contributed by atoms with Gasteiger partial charge in [-0.1, -0.05) is 0 Å². The smallest absolute Gasteiger partial charge is 0.120 e. The second-order valence-electron chi connectivity index (χ2n) is 3.42. The Morgan fingerprint density at radius 2 is 2.17 bits per heavy atom. The summed E-state index contributed by atoms with van der Waals surface area (Å²) in [6, 6.07) is 0.715. The van der Waals surface area contributed by atoms with Crippen molar-refractivity contribution in [3.63, 3.8) is 0 Å². The van der Waals surface area contributed by atoms with Gasteiger partial charge in [0.1, 0.15) is 12.7 Å². The van der Waals surface area contributed by atoms with Gasteiger partial charge in [0.2, 0.25) is 0 Å². The Labute approximate surface area is 72.2 Å². The van der Waals surface area contributed by atoms with E-state index in [0.29, 0.717) is 6.04 Å². The van der Waals surface area contributed by atoms with Crippen LogP contribution in [0.1, 0.15) is 19.8 Å². The van der Waals surface area contributed by atoms with Crippen molar-refractivity contribution >= 4 is 0 Å². The minimum Gasteiger partial charge on any atom is -0.306 e. The normalized spacial score (nSPS) is 24.9. The Kier molecular flexibility index (Phi) is 2.08. The molecule has 1 unspecified atom stereocenters. The molecular weight excluding hydrogens is 152 g/mol. The Morgan fingerprint density at radius 3 is 2.75 bits per heavy atom. The van der Waals surface area contributed by atoms with Crippen LogP contribution in [0.2, 0.25) is 0 Å². The molecule has 0 aromatic carbocycles. The number of nitrogens with zero attached hydrogens (tertiary/aromatic N) is 4. The van der Waals surface area contributed by atoms with Crippen LogP contribution >= 0.6 is 0 Å². The van der Waals surface area contributed by atoms with Crippen molar-refractivity contribution < 1.29 is 0 Å². The van der Waals surface area contributed by atoms with Gasteiger partial charge in [0, 0.05) is 12.6 Å². The standard InChI is InChI=1S/C8H14N4/c1-8-3-2-4-12(8)7-11-5-9-10-6-11/h5-6,8H,2-4,7H2,1H3. The molecule has 0 bridgehead atoms. The minimum atomic E-state index is 0.715. The summed E-state index contributed by atoms with van der Waals surface area (Å²) < 4.78 is 2.02. The van der Waals surface area contributed by atoms with E-state index in [1.54, 1.807) is 12.7 Å². The zero-order valence-corrected chi connectivity index (χ0v) is 7.35. The Bertz CT molecular complexity index is 231. The lowest BCUT2D eigenvalue weighted by molar-refractivity contribution is 0.212. The molecule has 12 heavy (non-hydrogen) atoms. The largest absolute Gasteiger partial charge is 0.306 e. The molecule has 0 radical (unpaired) electrons. The summed E-state index contributed by atoms with van der Waals surface area (Å²) in [4.78, 5) is 2.45. The predicted molar refractivity (Wildman–Crippen MR) is 45.4 cm³/mol. The van der Waals surface area contributed by atoms with E-state index < -0.39 is 0 Å². The molecule has 2 rings (SSSR count). The predicted octanol–water partition coefficient (Wildman–Crippen LogP) is 0.720. The quantitative estimate of drug-likeness (QED) is 0.649. The van der Waals surface area contributed by atoms with E-state index >= 15 is 0 Å². The SMILES string of the molecule is CC1CCCN1Cn1cnnc1. The van der Waals surface area contributed by atoms with Crippen molar-refractivity contribution in [3.8, 4) is 0 Å². The number of aromatic nitrogens is 3. The molecule has 4 nitrogen and oxygen atoms in total. The molecule has 1 aromatic rings. The zero-order valence-electron chi connectivity index (χ0n) is 7.35. The van der Waals surface area contributed by atoms with E-state index in [0.717, 1.165) is 6.67 Å². The van der Waals surface area contributed by atoms with Crippen molar-refractivity contribution in [1.82, 2.24) is 19.7 Å². The van der Waals surface area contributed by atoms with Gasteiger partial charge in [-0.3, -0.25) is 4.90 Å². The fourth-order valence-electron chi connectivity index (χ4n) is 1.71. The van der Waals surface area contributed by atoms with Gasteiger partial charge < -0.3 is 4.57 Å². The summed E-state index contributed by atoms with van der Waals surface area (Å²) in [5.41, 5.74) is 0. The third kappa shape index (κ3) is 1.48. The first-order chi connectivity index (χ1) is 5.86.